The maximum atomic E-state index is 5.34. The fraction of sp³-hybridized carbons (Fsp3) is 0.136. The zero-order chi connectivity index (χ0) is 34.1. The molecule has 0 atom stereocenters. The first-order valence-electron chi connectivity index (χ1n) is 16.7. The second-order valence-electron chi connectivity index (χ2n) is 11.2. The fourth-order valence-electron chi connectivity index (χ4n) is 5.29. The Balaban J connectivity index is 0.000000108. The third-order valence-electron chi connectivity index (χ3n) is 7.75. The van der Waals surface area contributed by atoms with Gasteiger partial charge in [0.05, 0.1) is 6.26 Å². The minimum absolute atomic E-state index is 0.664. The molecule has 5 aromatic carbocycles. The summed E-state index contributed by atoms with van der Waals surface area (Å²) in [7, 11) is 0. The summed E-state index contributed by atoms with van der Waals surface area (Å²) in [5.41, 5.74) is 5.26. The molecule has 0 spiro atoms. The molecule has 4 nitrogen and oxygen atoms in total. The molecular formula is C44H40O4S2. The molecule has 0 aromatic heterocycles. The van der Waals surface area contributed by atoms with Crippen LogP contribution in [0.3, 0.4) is 0 Å². The lowest BCUT2D eigenvalue weighted by Gasteiger charge is -2.17. The normalized spacial score (nSPS) is 14.5. The summed E-state index contributed by atoms with van der Waals surface area (Å²) in [5.74, 6) is 4.81. The van der Waals surface area contributed by atoms with Gasteiger partial charge in [-0.3, -0.25) is 0 Å². The van der Waals surface area contributed by atoms with Crippen molar-refractivity contribution in [2.24, 2.45) is 0 Å². The van der Waals surface area contributed by atoms with Gasteiger partial charge in [-0.25, -0.2) is 0 Å². The van der Waals surface area contributed by atoms with Gasteiger partial charge in [0.25, 0.3) is 0 Å². The Morgan fingerprint density at radius 3 is 1.78 bits per heavy atom. The largest absolute Gasteiger partial charge is 0.489 e. The van der Waals surface area contributed by atoms with E-state index in [9.17, 15) is 0 Å². The molecule has 0 radical (unpaired) electrons. The zero-order valence-corrected chi connectivity index (χ0v) is 29.5. The van der Waals surface area contributed by atoms with E-state index in [4.69, 9.17) is 18.9 Å². The number of rotatable bonds is 0. The Morgan fingerprint density at radius 1 is 0.460 bits per heavy atom. The molecule has 5 heterocycles. The molecule has 10 rings (SSSR count). The summed E-state index contributed by atoms with van der Waals surface area (Å²) in [4.78, 5) is 2.81. The fourth-order valence-corrected chi connectivity index (χ4v) is 6.93. The van der Waals surface area contributed by atoms with Crippen molar-refractivity contribution in [3.63, 3.8) is 0 Å². The van der Waals surface area contributed by atoms with E-state index in [1.54, 1.807) is 6.26 Å². The van der Waals surface area contributed by atoms with Gasteiger partial charge in [0.1, 0.15) is 31.3 Å². The Morgan fingerprint density at radius 2 is 1.06 bits per heavy atom. The molecule has 5 aromatic rings. The second-order valence-corrected chi connectivity index (χ2v) is 13.3. The molecule has 0 N–H and O–H groups in total. The lowest BCUT2D eigenvalue weighted by Crippen LogP contribution is -2.14. The standard InChI is InChI=1S/2C9H8O.2C9H8S.C8H8O2/c4*1-2-6-9-8(4-1)5-3-7-10-9;1-2-4-8-7(3-1)9-5-6-10-8/h1-4,6-7H,5H2;1-6H,7H2;1-4,6-7H,5H2;1-6H,7H2;1-4H,5-6H2. The van der Waals surface area contributed by atoms with Crippen LogP contribution in [0.5, 0.6) is 23.0 Å². The predicted molar refractivity (Wildman–Crippen MR) is 210 cm³/mol. The molecule has 0 fully saturated rings. The van der Waals surface area contributed by atoms with Crippen LogP contribution < -0.4 is 18.9 Å². The van der Waals surface area contributed by atoms with E-state index >= 15 is 0 Å². The van der Waals surface area contributed by atoms with Gasteiger partial charge < -0.3 is 18.9 Å². The molecule has 5 aliphatic heterocycles. The van der Waals surface area contributed by atoms with Crippen LogP contribution in [0.4, 0.5) is 0 Å². The monoisotopic (exact) mass is 696 g/mol. The van der Waals surface area contributed by atoms with Crippen LogP contribution in [-0.4, -0.2) is 25.6 Å². The van der Waals surface area contributed by atoms with Crippen molar-refractivity contribution in [2.45, 2.75) is 22.6 Å². The number of para-hydroxylation sites is 4. The van der Waals surface area contributed by atoms with Crippen LogP contribution in [0.15, 0.2) is 167 Å². The molecule has 6 heteroatoms. The summed E-state index contributed by atoms with van der Waals surface area (Å²) >= 11 is 3.71. The molecule has 0 amide bonds. The van der Waals surface area contributed by atoms with Gasteiger partial charge in [-0.05, 0) is 83.5 Å². The number of ether oxygens (including phenoxy) is 4. The highest BCUT2D eigenvalue weighted by atomic mass is 32.2. The summed E-state index contributed by atoms with van der Waals surface area (Å²) in [6.45, 7) is 2.03. The Hall–Kier alpha value is -5.04. The molecule has 0 saturated heterocycles. The average Bonchev–Trinajstić information content (AvgIpc) is 3.22. The molecule has 0 saturated carbocycles. The number of allylic oxidation sites excluding steroid dienone is 2. The number of benzene rings is 5. The van der Waals surface area contributed by atoms with E-state index in [1.807, 2.05) is 102 Å². The van der Waals surface area contributed by atoms with Crippen molar-refractivity contribution in [3.8, 4) is 23.0 Å². The maximum Gasteiger partial charge on any atom is 0.161 e. The van der Waals surface area contributed by atoms with Crippen molar-refractivity contribution in [1.29, 1.82) is 0 Å². The van der Waals surface area contributed by atoms with Crippen molar-refractivity contribution in [1.82, 2.24) is 0 Å². The number of thioether (sulfide) groups is 2. The van der Waals surface area contributed by atoms with Gasteiger partial charge in [0.2, 0.25) is 0 Å². The Kier molecular flexibility index (Phi) is 13.4. The number of fused-ring (bicyclic) bond motifs is 5. The Labute approximate surface area is 304 Å². The van der Waals surface area contributed by atoms with E-state index in [1.165, 1.54) is 32.0 Å². The van der Waals surface area contributed by atoms with Crippen LogP contribution in [0.25, 0.3) is 12.2 Å². The molecule has 0 unspecified atom stereocenters. The van der Waals surface area contributed by atoms with Crippen molar-refractivity contribution in [2.75, 3.05) is 25.6 Å². The first kappa shape index (κ1) is 34.8. The number of hydrogen-bond donors (Lipinski definition) is 0. The summed E-state index contributed by atoms with van der Waals surface area (Å²) < 4.78 is 21.2. The van der Waals surface area contributed by atoms with Crippen LogP contribution in [0, 0.1) is 0 Å². The topological polar surface area (TPSA) is 36.9 Å². The molecule has 0 aliphatic carbocycles. The van der Waals surface area contributed by atoms with Crippen molar-refractivity contribution in [3.05, 3.63) is 180 Å². The van der Waals surface area contributed by atoms with E-state index in [2.05, 4.69) is 84.3 Å². The van der Waals surface area contributed by atoms with Crippen LogP contribution in [-0.2, 0) is 12.8 Å². The molecule has 252 valence electrons. The van der Waals surface area contributed by atoms with Gasteiger partial charge in [0.15, 0.2) is 11.5 Å². The van der Waals surface area contributed by atoms with Crippen molar-refractivity contribution < 1.29 is 18.9 Å². The van der Waals surface area contributed by atoms with Crippen molar-refractivity contribution >= 4 is 35.7 Å². The SMILES string of the molecule is C1=COc2ccccc2C1.C1=CSc2ccccc2C1.C1=Cc2ccccc2OC1.C1=Cc2ccccc2SC1.c1ccc2c(c1)OCCO2. The van der Waals surface area contributed by atoms with Gasteiger partial charge in [-0.15, -0.1) is 11.8 Å². The summed E-state index contributed by atoms with van der Waals surface area (Å²) in [6, 6.07) is 40.8. The van der Waals surface area contributed by atoms with E-state index in [0.717, 1.165) is 41.6 Å². The highest BCUT2D eigenvalue weighted by Crippen LogP contribution is 2.30. The predicted octanol–water partition coefficient (Wildman–Crippen LogP) is 11.3. The third-order valence-corrected chi connectivity index (χ3v) is 9.78. The third kappa shape index (κ3) is 10.5. The van der Waals surface area contributed by atoms with Gasteiger partial charge in [0, 0.05) is 21.1 Å². The summed E-state index contributed by atoms with van der Waals surface area (Å²) in [6.07, 6.45) is 16.5. The van der Waals surface area contributed by atoms with Crippen LogP contribution in [0.1, 0.15) is 22.3 Å². The van der Waals surface area contributed by atoms with E-state index in [-0.39, 0.29) is 0 Å². The highest BCUT2D eigenvalue weighted by Gasteiger charge is 2.08. The van der Waals surface area contributed by atoms with Gasteiger partial charge >= 0.3 is 0 Å². The lowest BCUT2D eigenvalue weighted by atomic mass is 10.1. The highest BCUT2D eigenvalue weighted by molar-refractivity contribution is 8.02. The van der Waals surface area contributed by atoms with E-state index < -0.39 is 0 Å². The van der Waals surface area contributed by atoms with Crippen LogP contribution in [0.2, 0.25) is 0 Å². The first-order valence-corrected chi connectivity index (χ1v) is 18.6. The zero-order valence-electron chi connectivity index (χ0n) is 27.9. The maximum absolute atomic E-state index is 5.34. The molecule has 5 aliphatic rings. The van der Waals surface area contributed by atoms with Gasteiger partial charge in [-0.1, -0.05) is 121 Å². The first-order chi connectivity index (χ1) is 24.8. The molecule has 0 bridgehead atoms. The second kappa shape index (κ2) is 19.2. The Bertz CT molecular complexity index is 1750. The quantitative estimate of drug-likeness (QED) is 0.160. The molecular weight excluding hydrogens is 657 g/mol. The minimum Gasteiger partial charge on any atom is -0.489 e. The summed E-state index contributed by atoms with van der Waals surface area (Å²) in [5, 5.41) is 2.16. The molecule has 50 heavy (non-hydrogen) atoms. The lowest BCUT2D eigenvalue weighted by molar-refractivity contribution is 0.171. The van der Waals surface area contributed by atoms with E-state index in [0.29, 0.717) is 19.8 Å². The minimum atomic E-state index is 0.664. The smallest absolute Gasteiger partial charge is 0.161 e. The van der Waals surface area contributed by atoms with Crippen LogP contribution >= 0.6 is 23.5 Å². The number of hydrogen-bond acceptors (Lipinski definition) is 6. The average molecular weight is 697 g/mol. The van der Waals surface area contributed by atoms with Gasteiger partial charge in [-0.2, -0.15) is 0 Å².